The Balaban J connectivity index is 1.60. The molecular formula is C23H17ClN2O4. The zero-order valence-corrected chi connectivity index (χ0v) is 17.0. The van der Waals surface area contributed by atoms with Gasteiger partial charge in [0.05, 0.1) is 29.6 Å². The van der Waals surface area contributed by atoms with Crippen LogP contribution in [0.4, 0.5) is 5.69 Å². The third kappa shape index (κ3) is 3.77. The maximum absolute atomic E-state index is 12.9. The summed E-state index contributed by atoms with van der Waals surface area (Å²) in [6, 6.07) is 17.4. The van der Waals surface area contributed by atoms with E-state index in [4.69, 9.17) is 20.8 Å². The summed E-state index contributed by atoms with van der Waals surface area (Å²) in [7, 11) is 1.34. The fourth-order valence-corrected chi connectivity index (χ4v) is 3.21. The van der Waals surface area contributed by atoms with Crippen LogP contribution in [-0.4, -0.2) is 24.7 Å². The van der Waals surface area contributed by atoms with Crippen molar-refractivity contribution < 1.29 is 18.7 Å². The molecule has 2 heterocycles. The molecule has 1 aromatic heterocycles. The predicted octanol–water partition coefficient (Wildman–Crippen LogP) is 5.19. The van der Waals surface area contributed by atoms with Crippen molar-refractivity contribution in [3.63, 3.8) is 0 Å². The number of hydrogen-bond acceptors (Lipinski definition) is 5. The first-order valence-corrected chi connectivity index (χ1v) is 9.50. The summed E-state index contributed by atoms with van der Waals surface area (Å²) in [4.78, 5) is 24.6. The summed E-state index contributed by atoms with van der Waals surface area (Å²) in [6.45, 7) is 1.77. The number of amides is 1. The Morgan fingerprint density at radius 3 is 2.63 bits per heavy atom. The van der Waals surface area contributed by atoms with Crippen LogP contribution in [0, 0.1) is 0 Å². The van der Waals surface area contributed by atoms with Crippen molar-refractivity contribution in [3.05, 3.63) is 82.6 Å². The van der Waals surface area contributed by atoms with Gasteiger partial charge in [-0.3, -0.25) is 4.79 Å². The molecular weight excluding hydrogens is 404 g/mol. The van der Waals surface area contributed by atoms with E-state index in [1.165, 1.54) is 12.1 Å². The Kier molecular flexibility index (Phi) is 5.25. The number of carbonyl (C=O) groups excluding carboxylic acids is 2. The van der Waals surface area contributed by atoms with E-state index in [0.717, 1.165) is 5.56 Å². The van der Waals surface area contributed by atoms with E-state index in [1.807, 2.05) is 6.07 Å². The minimum absolute atomic E-state index is 0.250. The monoisotopic (exact) mass is 420 g/mol. The number of anilines is 1. The number of nitrogens with zero attached hydrogens (tertiary/aromatic N) is 2. The molecule has 1 aliphatic rings. The number of hydrazone groups is 1. The second kappa shape index (κ2) is 8.00. The Labute approximate surface area is 178 Å². The molecule has 0 aliphatic carbocycles. The number of carbonyl (C=O) groups is 2. The molecule has 0 saturated heterocycles. The number of esters is 1. The molecule has 0 radical (unpaired) electrons. The molecule has 0 bridgehead atoms. The molecule has 7 heteroatoms. The Morgan fingerprint density at radius 1 is 1.13 bits per heavy atom. The zero-order chi connectivity index (χ0) is 21.3. The SMILES string of the molecule is COC(=O)c1cccc(-c2ccc(/C=C3\C(=O)N(c4ccc(Cl)cc4)N=C3C)o2)c1. The van der Waals surface area contributed by atoms with Gasteiger partial charge < -0.3 is 9.15 Å². The van der Waals surface area contributed by atoms with Crippen molar-refractivity contribution >= 4 is 41.0 Å². The highest BCUT2D eigenvalue weighted by atomic mass is 35.5. The van der Waals surface area contributed by atoms with Gasteiger partial charge in [-0.25, -0.2) is 4.79 Å². The lowest BCUT2D eigenvalue weighted by Crippen LogP contribution is -2.21. The molecule has 6 nitrogen and oxygen atoms in total. The topological polar surface area (TPSA) is 72.1 Å². The van der Waals surface area contributed by atoms with Crippen molar-refractivity contribution in [1.82, 2.24) is 0 Å². The number of hydrogen-bond donors (Lipinski definition) is 0. The van der Waals surface area contributed by atoms with Crippen LogP contribution >= 0.6 is 11.6 Å². The van der Waals surface area contributed by atoms with E-state index >= 15 is 0 Å². The third-order valence-electron chi connectivity index (χ3n) is 4.62. The van der Waals surface area contributed by atoms with Gasteiger partial charge in [-0.2, -0.15) is 10.1 Å². The summed E-state index contributed by atoms with van der Waals surface area (Å²) in [6.07, 6.45) is 1.66. The second-order valence-electron chi connectivity index (χ2n) is 6.61. The van der Waals surface area contributed by atoms with Gasteiger partial charge in [0.2, 0.25) is 0 Å². The van der Waals surface area contributed by atoms with Gasteiger partial charge in [-0.15, -0.1) is 0 Å². The predicted molar refractivity (Wildman–Crippen MR) is 116 cm³/mol. The van der Waals surface area contributed by atoms with Gasteiger partial charge in [-0.1, -0.05) is 23.7 Å². The molecule has 30 heavy (non-hydrogen) atoms. The lowest BCUT2D eigenvalue weighted by atomic mass is 10.1. The smallest absolute Gasteiger partial charge is 0.337 e. The van der Waals surface area contributed by atoms with Crippen molar-refractivity contribution in [2.75, 3.05) is 12.1 Å². The number of furan rings is 1. The highest BCUT2D eigenvalue weighted by Crippen LogP contribution is 2.28. The van der Waals surface area contributed by atoms with Gasteiger partial charge >= 0.3 is 5.97 Å². The van der Waals surface area contributed by atoms with Crippen LogP contribution in [0.2, 0.25) is 5.02 Å². The van der Waals surface area contributed by atoms with Crippen molar-refractivity contribution in [2.45, 2.75) is 6.92 Å². The molecule has 150 valence electrons. The number of rotatable bonds is 4. The maximum atomic E-state index is 12.9. The molecule has 4 rings (SSSR count). The average molecular weight is 421 g/mol. The number of halogens is 1. The number of ether oxygens (including phenoxy) is 1. The van der Waals surface area contributed by atoms with Gasteiger partial charge in [0.1, 0.15) is 11.5 Å². The Bertz CT molecular complexity index is 1190. The maximum Gasteiger partial charge on any atom is 0.337 e. The fourth-order valence-electron chi connectivity index (χ4n) is 3.09. The standard InChI is InChI=1S/C23H17ClN2O4/c1-14-20(22(27)26(25-14)18-8-6-17(24)7-9-18)13-19-10-11-21(30-19)15-4-3-5-16(12-15)23(28)29-2/h3-13H,1-2H3/b20-13-. The molecule has 1 aliphatic heterocycles. The number of benzene rings is 2. The van der Waals surface area contributed by atoms with Gasteiger partial charge in [0, 0.05) is 10.6 Å². The fraction of sp³-hybridized carbons (Fsp3) is 0.0870. The van der Waals surface area contributed by atoms with Gasteiger partial charge in [-0.05, 0) is 61.5 Å². The van der Waals surface area contributed by atoms with Gasteiger partial charge in [0.15, 0.2) is 0 Å². The molecule has 2 aromatic carbocycles. The van der Waals surface area contributed by atoms with Crippen molar-refractivity contribution in [2.24, 2.45) is 5.10 Å². The summed E-state index contributed by atoms with van der Waals surface area (Å²) in [5.74, 6) is 0.406. The lowest BCUT2D eigenvalue weighted by molar-refractivity contribution is -0.114. The van der Waals surface area contributed by atoms with Crippen LogP contribution < -0.4 is 5.01 Å². The summed E-state index contributed by atoms with van der Waals surface area (Å²) in [5, 5.41) is 6.27. The van der Waals surface area contributed by atoms with Crippen LogP contribution in [-0.2, 0) is 9.53 Å². The molecule has 0 unspecified atom stereocenters. The minimum Gasteiger partial charge on any atom is -0.465 e. The normalized spacial score (nSPS) is 14.9. The van der Waals surface area contributed by atoms with Gasteiger partial charge in [0.25, 0.3) is 5.91 Å². The molecule has 0 N–H and O–H groups in total. The summed E-state index contributed by atoms with van der Waals surface area (Å²) in [5.41, 5.74) is 2.81. The Morgan fingerprint density at radius 2 is 1.90 bits per heavy atom. The van der Waals surface area contributed by atoms with Crippen molar-refractivity contribution in [1.29, 1.82) is 0 Å². The van der Waals surface area contributed by atoms with Crippen LogP contribution in [0.3, 0.4) is 0 Å². The molecule has 1 amide bonds. The highest BCUT2D eigenvalue weighted by molar-refractivity contribution is 6.32. The van der Waals surface area contributed by atoms with Crippen LogP contribution in [0.25, 0.3) is 17.4 Å². The molecule has 0 atom stereocenters. The first kappa shape index (κ1) is 19.7. The molecule has 0 saturated carbocycles. The minimum atomic E-state index is -0.420. The highest BCUT2D eigenvalue weighted by Gasteiger charge is 2.29. The largest absolute Gasteiger partial charge is 0.465 e. The van der Waals surface area contributed by atoms with E-state index < -0.39 is 5.97 Å². The quantitative estimate of drug-likeness (QED) is 0.430. The average Bonchev–Trinajstić information content (AvgIpc) is 3.34. The van der Waals surface area contributed by atoms with Crippen molar-refractivity contribution in [3.8, 4) is 11.3 Å². The number of methoxy groups -OCH3 is 1. The molecule has 3 aromatic rings. The molecule has 0 fully saturated rings. The van der Waals surface area contributed by atoms with Crippen LogP contribution in [0.1, 0.15) is 23.0 Å². The van der Waals surface area contributed by atoms with E-state index in [-0.39, 0.29) is 5.91 Å². The van der Waals surface area contributed by atoms with E-state index in [9.17, 15) is 9.59 Å². The Hall–Kier alpha value is -3.64. The zero-order valence-electron chi connectivity index (χ0n) is 16.3. The van der Waals surface area contributed by atoms with E-state index in [2.05, 4.69) is 5.10 Å². The lowest BCUT2D eigenvalue weighted by Gasteiger charge is -2.11. The summed E-state index contributed by atoms with van der Waals surface area (Å²) >= 11 is 5.92. The van der Waals surface area contributed by atoms with E-state index in [1.54, 1.807) is 67.6 Å². The van der Waals surface area contributed by atoms with Crippen LogP contribution in [0.15, 0.2) is 75.8 Å². The first-order valence-electron chi connectivity index (χ1n) is 9.12. The second-order valence-corrected chi connectivity index (χ2v) is 7.05. The summed E-state index contributed by atoms with van der Waals surface area (Å²) < 4.78 is 10.6. The first-order chi connectivity index (χ1) is 14.5. The molecule has 0 spiro atoms. The van der Waals surface area contributed by atoms with E-state index in [0.29, 0.717) is 39.1 Å². The third-order valence-corrected chi connectivity index (χ3v) is 4.87. The van der Waals surface area contributed by atoms with Crippen LogP contribution in [0.5, 0.6) is 0 Å².